The Morgan fingerprint density at radius 1 is 1.42 bits per heavy atom. The van der Waals surface area contributed by atoms with Crippen molar-refractivity contribution in [3.8, 4) is 0 Å². The highest BCUT2D eigenvalue weighted by molar-refractivity contribution is 7.08. The summed E-state index contributed by atoms with van der Waals surface area (Å²) >= 11 is 1.44. The highest BCUT2D eigenvalue weighted by Gasteiger charge is 2.22. The van der Waals surface area contributed by atoms with Gasteiger partial charge in [0, 0.05) is 35.1 Å². The molecule has 1 aliphatic rings. The lowest BCUT2D eigenvalue weighted by molar-refractivity contribution is 0.102. The molecule has 1 aromatic carbocycles. The van der Waals surface area contributed by atoms with E-state index in [2.05, 4.69) is 27.5 Å². The summed E-state index contributed by atoms with van der Waals surface area (Å²) in [5.74, 6) is 0.494. The first-order valence-corrected chi connectivity index (χ1v) is 9.32. The Morgan fingerprint density at radius 3 is 2.85 bits per heavy atom. The largest absolute Gasteiger partial charge is 0.390 e. The number of nitrogens with one attached hydrogen (secondary N) is 3. The molecule has 0 saturated heterocycles. The summed E-state index contributed by atoms with van der Waals surface area (Å²) < 4.78 is 0.837. The lowest BCUT2D eigenvalue weighted by Crippen LogP contribution is -2.31. The fourth-order valence-electron chi connectivity index (χ4n) is 2.53. The average molecular weight is 369 g/mol. The number of rotatable bonds is 6. The van der Waals surface area contributed by atoms with Gasteiger partial charge in [0.05, 0.1) is 16.4 Å². The first-order chi connectivity index (χ1) is 12.5. The van der Waals surface area contributed by atoms with Gasteiger partial charge in [-0.1, -0.05) is 12.6 Å². The maximum absolute atomic E-state index is 12.8. The van der Waals surface area contributed by atoms with Crippen LogP contribution in [0.4, 0.5) is 11.4 Å². The number of nitrogens with two attached hydrogens (primary N) is 1. The number of carbonyl (C=O) groups excluding carboxylic acids is 1. The first-order valence-electron chi connectivity index (χ1n) is 8.44. The molecule has 1 amide bonds. The van der Waals surface area contributed by atoms with Crippen LogP contribution >= 0.6 is 11.3 Å². The Bertz CT molecular complexity index is 959. The fourth-order valence-corrected chi connectivity index (χ4v) is 3.49. The zero-order valence-electron chi connectivity index (χ0n) is 14.9. The number of amides is 1. The number of thiophene rings is 1. The van der Waals surface area contributed by atoms with Crippen molar-refractivity contribution in [3.63, 3.8) is 0 Å². The van der Waals surface area contributed by atoms with Gasteiger partial charge in [-0.3, -0.25) is 4.79 Å². The zero-order chi connectivity index (χ0) is 18.7. The molecule has 1 heterocycles. The molecular weight excluding hydrogens is 346 g/mol. The lowest BCUT2D eigenvalue weighted by Gasteiger charge is -2.10. The van der Waals surface area contributed by atoms with E-state index >= 15 is 0 Å². The molecule has 0 atom stereocenters. The van der Waals surface area contributed by atoms with Crippen molar-refractivity contribution in [1.82, 2.24) is 5.32 Å². The van der Waals surface area contributed by atoms with Crippen LogP contribution in [0.15, 0.2) is 28.6 Å². The van der Waals surface area contributed by atoms with E-state index in [-0.39, 0.29) is 5.91 Å². The van der Waals surface area contributed by atoms with Crippen LogP contribution < -0.4 is 31.4 Å². The van der Waals surface area contributed by atoms with Gasteiger partial charge in [-0.25, -0.2) is 4.99 Å². The van der Waals surface area contributed by atoms with Gasteiger partial charge >= 0.3 is 0 Å². The number of aryl methyl sites for hydroxylation is 1. The molecule has 0 radical (unpaired) electrons. The molecule has 6 nitrogen and oxygen atoms in total. The molecule has 26 heavy (non-hydrogen) atoms. The van der Waals surface area contributed by atoms with Crippen molar-refractivity contribution in [3.05, 3.63) is 44.5 Å². The summed E-state index contributed by atoms with van der Waals surface area (Å²) in [6.07, 6.45) is 3.50. The van der Waals surface area contributed by atoms with Crippen molar-refractivity contribution < 1.29 is 4.79 Å². The second kappa shape index (κ2) is 7.61. The number of carbonyl (C=O) groups is 1. The summed E-state index contributed by atoms with van der Waals surface area (Å²) in [6, 6.07) is 6.27. The third-order valence-electron chi connectivity index (χ3n) is 4.25. The SMILES string of the molecule is C=c1c(C(=O)Nc2cc(NC)ccc2C)cs/c1=C(/N=C\N)NC1CC1. The maximum atomic E-state index is 12.8. The Labute approximate surface area is 156 Å². The first kappa shape index (κ1) is 18.0. The van der Waals surface area contributed by atoms with Crippen LogP contribution in [0.5, 0.6) is 0 Å². The van der Waals surface area contributed by atoms with Crippen LogP contribution in [-0.2, 0) is 0 Å². The van der Waals surface area contributed by atoms with Gasteiger partial charge in [-0.2, -0.15) is 0 Å². The van der Waals surface area contributed by atoms with Gasteiger partial charge in [0.25, 0.3) is 5.91 Å². The van der Waals surface area contributed by atoms with Crippen molar-refractivity contribution >= 4 is 47.4 Å². The van der Waals surface area contributed by atoms with E-state index in [0.717, 1.165) is 34.3 Å². The summed E-state index contributed by atoms with van der Waals surface area (Å²) in [5, 5.41) is 11.9. The molecule has 3 rings (SSSR count). The van der Waals surface area contributed by atoms with Gasteiger partial charge in [0.1, 0.15) is 5.82 Å². The quantitative estimate of drug-likeness (QED) is 0.459. The summed E-state index contributed by atoms with van der Waals surface area (Å²) in [4.78, 5) is 17.0. The summed E-state index contributed by atoms with van der Waals surface area (Å²) in [5.41, 5.74) is 8.72. The summed E-state index contributed by atoms with van der Waals surface area (Å²) in [7, 11) is 1.84. The van der Waals surface area contributed by atoms with E-state index in [4.69, 9.17) is 5.73 Å². The molecule has 1 saturated carbocycles. The second-order valence-electron chi connectivity index (χ2n) is 6.24. The molecule has 1 aliphatic carbocycles. The van der Waals surface area contributed by atoms with Crippen LogP contribution in [0, 0.1) is 6.92 Å². The summed E-state index contributed by atoms with van der Waals surface area (Å²) in [6.45, 7) is 6.05. The molecule has 136 valence electrons. The van der Waals surface area contributed by atoms with Crippen LogP contribution in [-0.4, -0.2) is 25.3 Å². The van der Waals surface area contributed by atoms with E-state index < -0.39 is 0 Å². The van der Waals surface area contributed by atoms with Crippen LogP contribution in [0.2, 0.25) is 0 Å². The van der Waals surface area contributed by atoms with Gasteiger partial charge < -0.3 is 21.7 Å². The normalized spacial score (nSPS) is 15.0. The standard InChI is InChI=1S/C19H23N5OS/c1-11-4-5-14(21-3)8-16(11)24-19(25)15-9-26-17(12(15)2)18(22-10-20)23-13-6-7-13/h4-5,8-10,13,21,23H,2,6-7H2,1,3H3,(H2,20,22)(H,24,25)/b18-17-. The average Bonchev–Trinajstić information content (AvgIpc) is 3.36. The molecule has 0 bridgehead atoms. The second-order valence-corrected chi connectivity index (χ2v) is 7.12. The van der Waals surface area contributed by atoms with Gasteiger partial charge in [0.15, 0.2) is 0 Å². The number of aliphatic imine (C=N–C) groups is 1. The Morgan fingerprint density at radius 2 is 2.19 bits per heavy atom. The highest BCUT2D eigenvalue weighted by atomic mass is 32.1. The van der Waals surface area contributed by atoms with Gasteiger partial charge in [-0.15, -0.1) is 11.3 Å². The van der Waals surface area contributed by atoms with Crippen LogP contribution in [0.25, 0.3) is 12.4 Å². The Balaban J connectivity index is 1.92. The third-order valence-corrected chi connectivity index (χ3v) is 5.28. The smallest absolute Gasteiger partial charge is 0.257 e. The van der Waals surface area contributed by atoms with Crippen LogP contribution in [0.1, 0.15) is 28.8 Å². The molecule has 2 aromatic rings. The topological polar surface area (TPSA) is 91.5 Å². The monoisotopic (exact) mass is 369 g/mol. The molecule has 1 fully saturated rings. The fraction of sp³-hybridized carbons (Fsp3) is 0.263. The molecule has 7 heteroatoms. The lowest BCUT2D eigenvalue weighted by atomic mass is 10.1. The minimum absolute atomic E-state index is 0.184. The predicted molar refractivity (Wildman–Crippen MR) is 110 cm³/mol. The molecule has 0 aliphatic heterocycles. The van der Waals surface area contributed by atoms with Crippen LogP contribution in [0.3, 0.4) is 0 Å². The maximum Gasteiger partial charge on any atom is 0.257 e. The number of nitrogens with zero attached hydrogens (tertiary/aromatic N) is 1. The molecule has 1 aromatic heterocycles. The highest BCUT2D eigenvalue weighted by Crippen LogP contribution is 2.21. The van der Waals surface area contributed by atoms with Gasteiger partial charge in [-0.05, 0) is 37.5 Å². The van der Waals surface area contributed by atoms with E-state index in [1.165, 1.54) is 17.7 Å². The van der Waals surface area contributed by atoms with E-state index in [1.807, 2.05) is 37.6 Å². The Kier molecular flexibility index (Phi) is 5.27. The van der Waals surface area contributed by atoms with Crippen molar-refractivity contribution in [2.24, 2.45) is 10.7 Å². The van der Waals surface area contributed by atoms with Crippen molar-refractivity contribution in [1.29, 1.82) is 0 Å². The number of hydrogen-bond donors (Lipinski definition) is 4. The number of benzene rings is 1. The molecule has 0 unspecified atom stereocenters. The molecule has 0 spiro atoms. The number of hydrogen-bond acceptors (Lipinski definition) is 5. The van der Waals surface area contributed by atoms with E-state index in [0.29, 0.717) is 22.6 Å². The van der Waals surface area contributed by atoms with Crippen molar-refractivity contribution in [2.45, 2.75) is 25.8 Å². The van der Waals surface area contributed by atoms with Gasteiger partial charge in [0.2, 0.25) is 0 Å². The third kappa shape index (κ3) is 3.88. The minimum atomic E-state index is -0.184. The Hall–Kier alpha value is -2.80. The number of anilines is 2. The molecular formula is C19H23N5OS. The van der Waals surface area contributed by atoms with E-state index in [1.54, 1.807) is 0 Å². The van der Waals surface area contributed by atoms with Crippen molar-refractivity contribution in [2.75, 3.05) is 17.7 Å². The zero-order valence-corrected chi connectivity index (χ0v) is 15.7. The minimum Gasteiger partial charge on any atom is -0.390 e. The molecule has 5 N–H and O–H groups in total. The predicted octanol–water partition coefficient (Wildman–Crippen LogP) is 1.57. The van der Waals surface area contributed by atoms with E-state index in [9.17, 15) is 4.79 Å².